The molecule has 3 rings (SSSR count). The van der Waals surface area contributed by atoms with Gasteiger partial charge in [-0.15, -0.1) is 11.3 Å². The predicted octanol–water partition coefficient (Wildman–Crippen LogP) is 4.00. The number of carbonyl (C=O) groups is 1. The Kier molecular flexibility index (Phi) is 4.08. The fourth-order valence-electron chi connectivity index (χ4n) is 2.16. The molecule has 0 saturated carbocycles. The van der Waals surface area contributed by atoms with Crippen molar-refractivity contribution in [2.45, 2.75) is 6.92 Å². The van der Waals surface area contributed by atoms with Gasteiger partial charge >= 0.3 is 0 Å². The van der Waals surface area contributed by atoms with E-state index in [9.17, 15) is 14.9 Å². The van der Waals surface area contributed by atoms with Gasteiger partial charge in [-0.05, 0) is 25.1 Å². The number of nitrogens with two attached hydrogens (primary N) is 1. The molecule has 0 spiro atoms. The van der Waals surface area contributed by atoms with E-state index in [0.29, 0.717) is 15.9 Å². The quantitative estimate of drug-likeness (QED) is 0.540. The van der Waals surface area contributed by atoms with Crippen LogP contribution in [0.5, 0.6) is 0 Å². The van der Waals surface area contributed by atoms with Gasteiger partial charge in [0.25, 0.3) is 11.6 Å². The highest BCUT2D eigenvalue weighted by molar-refractivity contribution is 7.21. The number of aryl methyl sites for hydroxylation is 1. The molecule has 1 amide bonds. The molecular formula is C15H11ClN4O3S. The second-order valence-corrected chi connectivity index (χ2v) is 6.43. The van der Waals surface area contributed by atoms with Crippen molar-refractivity contribution in [3.8, 4) is 0 Å². The Balaban J connectivity index is 1.97. The number of hydrogen-bond acceptors (Lipinski definition) is 6. The van der Waals surface area contributed by atoms with Crippen LogP contribution in [0.15, 0.2) is 30.3 Å². The summed E-state index contributed by atoms with van der Waals surface area (Å²) in [5.74, 6) is -0.490. The molecule has 2 aromatic heterocycles. The number of halogens is 1. The first kappa shape index (κ1) is 16.2. The Morgan fingerprint density at radius 1 is 1.38 bits per heavy atom. The van der Waals surface area contributed by atoms with E-state index < -0.39 is 10.8 Å². The number of rotatable bonds is 3. The Labute approximate surface area is 145 Å². The van der Waals surface area contributed by atoms with Gasteiger partial charge in [-0.2, -0.15) is 0 Å². The van der Waals surface area contributed by atoms with Crippen LogP contribution in [-0.2, 0) is 0 Å². The van der Waals surface area contributed by atoms with Crippen molar-refractivity contribution in [2.75, 3.05) is 11.1 Å². The van der Waals surface area contributed by atoms with Gasteiger partial charge in [-0.25, -0.2) is 4.98 Å². The maximum absolute atomic E-state index is 12.5. The van der Waals surface area contributed by atoms with Crippen molar-refractivity contribution in [1.82, 2.24) is 4.98 Å². The molecule has 0 saturated heterocycles. The van der Waals surface area contributed by atoms with E-state index in [1.54, 1.807) is 6.07 Å². The highest BCUT2D eigenvalue weighted by atomic mass is 35.5. The van der Waals surface area contributed by atoms with E-state index in [2.05, 4.69) is 10.3 Å². The summed E-state index contributed by atoms with van der Waals surface area (Å²) in [5.41, 5.74) is 7.15. The first-order chi connectivity index (χ1) is 11.4. The largest absolute Gasteiger partial charge is 0.397 e. The number of nitro benzene ring substituents is 1. The number of nitro groups is 1. The Bertz CT molecular complexity index is 986. The van der Waals surface area contributed by atoms with Gasteiger partial charge in [-0.1, -0.05) is 11.6 Å². The lowest BCUT2D eigenvalue weighted by Crippen LogP contribution is -2.12. The lowest BCUT2D eigenvalue weighted by Gasteiger charge is -2.06. The molecule has 3 aromatic rings. The number of benzene rings is 1. The first-order valence-corrected chi connectivity index (χ1v) is 7.97. The minimum absolute atomic E-state index is 0.150. The van der Waals surface area contributed by atoms with E-state index in [-0.39, 0.29) is 21.3 Å². The van der Waals surface area contributed by atoms with Gasteiger partial charge in [0.1, 0.15) is 9.71 Å². The van der Waals surface area contributed by atoms with Crippen molar-refractivity contribution in [3.05, 3.63) is 56.0 Å². The highest BCUT2D eigenvalue weighted by Gasteiger charge is 2.19. The fraction of sp³-hybridized carbons (Fsp3) is 0.0667. The molecule has 2 heterocycles. The third kappa shape index (κ3) is 2.89. The van der Waals surface area contributed by atoms with Crippen molar-refractivity contribution < 1.29 is 9.72 Å². The minimum atomic E-state index is -0.563. The summed E-state index contributed by atoms with van der Waals surface area (Å²) in [6.07, 6.45) is 0. The topological polar surface area (TPSA) is 111 Å². The average molecular weight is 363 g/mol. The molecule has 0 aliphatic rings. The molecule has 0 aliphatic carbocycles. The van der Waals surface area contributed by atoms with Gasteiger partial charge < -0.3 is 11.1 Å². The molecule has 7 nitrogen and oxygen atoms in total. The van der Waals surface area contributed by atoms with Crippen LogP contribution in [0.3, 0.4) is 0 Å². The summed E-state index contributed by atoms with van der Waals surface area (Å²) in [5, 5.41) is 14.3. The summed E-state index contributed by atoms with van der Waals surface area (Å²) >= 11 is 7.15. The van der Waals surface area contributed by atoms with Crippen LogP contribution in [0.25, 0.3) is 10.2 Å². The first-order valence-electron chi connectivity index (χ1n) is 6.77. The molecule has 3 N–H and O–H groups in total. The van der Waals surface area contributed by atoms with Gasteiger partial charge in [0.2, 0.25) is 0 Å². The van der Waals surface area contributed by atoms with Crippen LogP contribution in [0.4, 0.5) is 17.1 Å². The van der Waals surface area contributed by atoms with E-state index in [0.717, 1.165) is 17.0 Å². The van der Waals surface area contributed by atoms with E-state index in [1.165, 1.54) is 18.2 Å². The third-order valence-electron chi connectivity index (χ3n) is 3.35. The van der Waals surface area contributed by atoms with Crippen LogP contribution in [0, 0.1) is 17.0 Å². The Morgan fingerprint density at radius 2 is 2.12 bits per heavy atom. The molecule has 0 unspecified atom stereocenters. The fourth-order valence-corrected chi connectivity index (χ4v) is 3.36. The number of nitrogen functional groups attached to an aromatic ring is 1. The number of hydrogen-bond donors (Lipinski definition) is 2. The molecule has 0 aliphatic heterocycles. The highest BCUT2D eigenvalue weighted by Crippen LogP contribution is 2.34. The number of nitrogens with zero attached hydrogens (tertiary/aromatic N) is 2. The maximum atomic E-state index is 12.5. The average Bonchev–Trinajstić information content (AvgIpc) is 2.85. The molecule has 9 heteroatoms. The number of amides is 1. The number of anilines is 2. The zero-order chi connectivity index (χ0) is 17.4. The number of carbonyl (C=O) groups excluding carboxylic acids is 1. The van der Waals surface area contributed by atoms with Crippen molar-refractivity contribution >= 4 is 56.1 Å². The second-order valence-electron chi connectivity index (χ2n) is 5.03. The molecule has 0 bridgehead atoms. The lowest BCUT2D eigenvalue weighted by atomic mass is 10.2. The molecule has 0 fully saturated rings. The van der Waals surface area contributed by atoms with E-state index in [1.807, 2.05) is 13.0 Å². The van der Waals surface area contributed by atoms with Crippen molar-refractivity contribution in [1.29, 1.82) is 0 Å². The molecule has 122 valence electrons. The van der Waals surface area contributed by atoms with E-state index >= 15 is 0 Å². The van der Waals surface area contributed by atoms with Gasteiger partial charge in [0, 0.05) is 23.2 Å². The molecule has 0 radical (unpaired) electrons. The van der Waals surface area contributed by atoms with Crippen LogP contribution in [-0.4, -0.2) is 15.8 Å². The predicted molar refractivity (Wildman–Crippen MR) is 94.8 cm³/mol. The lowest BCUT2D eigenvalue weighted by molar-refractivity contribution is -0.384. The smallest absolute Gasteiger partial charge is 0.271 e. The number of thiophene rings is 1. The summed E-state index contributed by atoms with van der Waals surface area (Å²) in [4.78, 5) is 28.1. The Hall–Kier alpha value is -2.71. The summed E-state index contributed by atoms with van der Waals surface area (Å²) in [7, 11) is 0. The maximum Gasteiger partial charge on any atom is 0.271 e. The second kappa shape index (κ2) is 6.06. The molecule has 24 heavy (non-hydrogen) atoms. The number of non-ortho nitro benzene ring substituents is 1. The molecular weight excluding hydrogens is 352 g/mol. The van der Waals surface area contributed by atoms with E-state index in [4.69, 9.17) is 17.3 Å². The van der Waals surface area contributed by atoms with Gasteiger partial charge in [-0.3, -0.25) is 14.9 Å². The molecule has 1 aromatic carbocycles. The molecule has 0 atom stereocenters. The third-order valence-corrected chi connectivity index (χ3v) is 4.79. The van der Waals surface area contributed by atoms with Crippen LogP contribution < -0.4 is 11.1 Å². The summed E-state index contributed by atoms with van der Waals surface area (Å²) < 4.78 is 0. The van der Waals surface area contributed by atoms with Crippen molar-refractivity contribution in [2.24, 2.45) is 0 Å². The zero-order valence-corrected chi connectivity index (χ0v) is 13.9. The van der Waals surface area contributed by atoms with Crippen molar-refractivity contribution in [3.63, 3.8) is 0 Å². The Morgan fingerprint density at radius 3 is 2.83 bits per heavy atom. The SMILES string of the molecule is Cc1ccc2c(N)c(C(=O)Nc3cc([N+](=O)[O-])ccc3Cl)sc2n1. The summed E-state index contributed by atoms with van der Waals surface area (Å²) in [6.45, 7) is 1.85. The number of fused-ring (bicyclic) bond motifs is 1. The van der Waals surface area contributed by atoms with Crippen LogP contribution >= 0.6 is 22.9 Å². The van der Waals surface area contributed by atoms with Gasteiger partial charge in [0.15, 0.2) is 0 Å². The number of nitrogens with one attached hydrogen (secondary N) is 1. The monoisotopic (exact) mass is 362 g/mol. The standard InChI is InChI=1S/C15H11ClN4O3S/c1-7-2-4-9-12(17)13(24-15(9)18-7)14(21)19-11-6-8(20(22)23)3-5-10(11)16/h2-6H,17H2,1H3,(H,19,21). The normalized spacial score (nSPS) is 10.8. The van der Waals surface area contributed by atoms with Crippen LogP contribution in [0.1, 0.15) is 15.4 Å². The summed E-state index contributed by atoms with van der Waals surface area (Å²) in [6, 6.07) is 7.43. The number of aromatic nitrogens is 1. The zero-order valence-electron chi connectivity index (χ0n) is 12.4. The number of pyridine rings is 1. The van der Waals surface area contributed by atoms with Gasteiger partial charge in [0.05, 0.1) is 21.3 Å². The van der Waals surface area contributed by atoms with Crippen LogP contribution in [0.2, 0.25) is 5.02 Å². The minimum Gasteiger partial charge on any atom is -0.397 e.